The van der Waals surface area contributed by atoms with Crippen LogP contribution in [0.2, 0.25) is 0 Å². The third-order valence-electron chi connectivity index (χ3n) is 4.87. The van der Waals surface area contributed by atoms with Crippen molar-refractivity contribution in [3.63, 3.8) is 0 Å². The van der Waals surface area contributed by atoms with Gasteiger partial charge in [0.1, 0.15) is 17.3 Å². The highest BCUT2D eigenvalue weighted by Crippen LogP contribution is 2.29. The van der Waals surface area contributed by atoms with Crippen molar-refractivity contribution in [2.75, 3.05) is 12.4 Å². The number of anilines is 1. The zero-order valence-corrected chi connectivity index (χ0v) is 17.6. The molecular weight excluding hydrogens is 391 g/mol. The normalized spacial score (nSPS) is 21.7. The number of ether oxygens (including phenoxy) is 2. The minimum absolute atomic E-state index is 0.0199. The van der Waals surface area contributed by atoms with Crippen molar-refractivity contribution < 1.29 is 23.5 Å². The Bertz CT molecular complexity index is 931. The summed E-state index contributed by atoms with van der Waals surface area (Å²) in [7, 11) is 1.51. The fourth-order valence-corrected chi connectivity index (χ4v) is 3.43. The number of methoxy groups -OCH3 is 1. The van der Waals surface area contributed by atoms with Crippen LogP contribution in [0.25, 0.3) is 11.0 Å². The van der Waals surface area contributed by atoms with E-state index in [0.29, 0.717) is 35.4 Å². The first kappa shape index (κ1) is 21.7. The number of alkyl carbamates (subject to hydrolysis) is 1. The molecule has 3 rings (SSSR count). The molecular formula is C21H27FN4O4. The molecule has 0 saturated heterocycles. The van der Waals surface area contributed by atoms with Crippen LogP contribution in [-0.2, 0) is 9.53 Å². The molecule has 2 amide bonds. The van der Waals surface area contributed by atoms with E-state index in [-0.39, 0.29) is 12.3 Å². The van der Waals surface area contributed by atoms with Crippen LogP contribution in [0.5, 0.6) is 5.88 Å². The summed E-state index contributed by atoms with van der Waals surface area (Å²) in [4.78, 5) is 33.2. The molecule has 0 aromatic carbocycles. The predicted octanol–water partition coefficient (Wildman–Crippen LogP) is 3.61. The van der Waals surface area contributed by atoms with Crippen molar-refractivity contribution >= 4 is 28.7 Å². The van der Waals surface area contributed by atoms with Crippen LogP contribution in [-0.4, -0.2) is 46.9 Å². The van der Waals surface area contributed by atoms with Crippen molar-refractivity contribution in [2.24, 2.45) is 5.92 Å². The lowest BCUT2D eigenvalue weighted by Gasteiger charge is -2.32. The Morgan fingerprint density at radius 1 is 1.20 bits per heavy atom. The van der Waals surface area contributed by atoms with Crippen LogP contribution in [0.3, 0.4) is 0 Å². The number of alkyl halides is 1. The van der Waals surface area contributed by atoms with Gasteiger partial charge in [-0.15, -0.1) is 0 Å². The lowest BCUT2D eigenvalue weighted by molar-refractivity contribution is -0.121. The number of halogens is 1. The Morgan fingerprint density at radius 3 is 2.63 bits per heavy atom. The van der Waals surface area contributed by atoms with Crippen LogP contribution in [0.1, 0.15) is 40.0 Å². The first-order valence-corrected chi connectivity index (χ1v) is 9.90. The average Bonchev–Trinajstić information content (AvgIpc) is 2.68. The third kappa shape index (κ3) is 5.34. The van der Waals surface area contributed by atoms with Gasteiger partial charge in [-0.1, -0.05) is 0 Å². The summed E-state index contributed by atoms with van der Waals surface area (Å²) in [5, 5.41) is 5.41. The van der Waals surface area contributed by atoms with E-state index in [2.05, 4.69) is 20.6 Å². The first-order chi connectivity index (χ1) is 14.2. The molecule has 2 heterocycles. The van der Waals surface area contributed by atoms with Gasteiger partial charge in [-0.2, -0.15) is 0 Å². The van der Waals surface area contributed by atoms with Gasteiger partial charge in [-0.3, -0.25) is 9.78 Å². The van der Waals surface area contributed by atoms with Gasteiger partial charge in [0.25, 0.3) is 0 Å². The molecule has 1 saturated carbocycles. The standard InChI is InChI=1S/C21H27FN4O4/c1-21(2,3)30-20(28)25-14-6-5-12(11-13(14)22)19(27)24-16-9-10-23-15-7-8-17(29-4)26-18(15)16/h7-10,12-14H,5-6,11H2,1-4H3,(H,25,28)(H,23,24,27)/t12-,13+,14-/m1/s1. The summed E-state index contributed by atoms with van der Waals surface area (Å²) in [5.74, 6) is -0.389. The highest BCUT2D eigenvalue weighted by Gasteiger charge is 2.35. The Labute approximate surface area is 174 Å². The fourth-order valence-electron chi connectivity index (χ4n) is 3.43. The molecule has 9 heteroatoms. The highest BCUT2D eigenvalue weighted by molar-refractivity contribution is 6.00. The lowest BCUT2D eigenvalue weighted by Crippen LogP contribution is -2.48. The zero-order valence-electron chi connectivity index (χ0n) is 17.6. The molecule has 2 N–H and O–H groups in total. The number of nitrogens with zero attached hydrogens (tertiary/aromatic N) is 2. The van der Waals surface area contributed by atoms with E-state index in [1.54, 1.807) is 45.2 Å². The van der Waals surface area contributed by atoms with E-state index in [9.17, 15) is 14.0 Å². The van der Waals surface area contributed by atoms with E-state index in [4.69, 9.17) is 9.47 Å². The van der Waals surface area contributed by atoms with Gasteiger partial charge in [0.2, 0.25) is 11.8 Å². The Balaban J connectivity index is 1.63. The topological polar surface area (TPSA) is 102 Å². The summed E-state index contributed by atoms with van der Waals surface area (Å²) < 4.78 is 25.0. The van der Waals surface area contributed by atoms with E-state index in [0.717, 1.165) is 0 Å². The summed E-state index contributed by atoms with van der Waals surface area (Å²) in [5.41, 5.74) is 0.953. The fraction of sp³-hybridized carbons (Fsp3) is 0.524. The second kappa shape index (κ2) is 8.81. The molecule has 0 aliphatic heterocycles. The minimum atomic E-state index is -1.34. The quantitative estimate of drug-likeness (QED) is 0.786. The number of fused-ring (bicyclic) bond motifs is 1. The molecule has 1 fully saturated rings. The zero-order chi connectivity index (χ0) is 21.9. The van der Waals surface area contributed by atoms with Crippen molar-refractivity contribution in [3.8, 4) is 5.88 Å². The van der Waals surface area contributed by atoms with Gasteiger partial charge in [0.05, 0.1) is 24.4 Å². The van der Waals surface area contributed by atoms with Crippen molar-refractivity contribution in [1.29, 1.82) is 0 Å². The van der Waals surface area contributed by atoms with E-state index >= 15 is 0 Å². The SMILES string of the molecule is COc1ccc2nccc(NC(=O)[C@@H]3CC[C@@H](NC(=O)OC(C)(C)C)[C@@H](F)C3)c2n1. The number of hydrogen-bond donors (Lipinski definition) is 2. The first-order valence-electron chi connectivity index (χ1n) is 9.90. The molecule has 0 bridgehead atoms. The molecule has 1 aliphatic carbocycles. The molecule has 3 atom stereocenters. The minimum Gasteiger partial charge on any atom is -0.481 e. The number of aromatic nitrogens is 2. The molecule has 2 aromatic rings. The summed E-state index contributed by atoms with van der Waals surface area (Å²) in [6, 6.07) is 4.42. The van der Waals surface area contributed by atoms with Crippen LogP contribution in [0.15, 0.2) is 24.4 Å². The second-order valence-electron chi connectivity index (χ2n) is 8.35. The van der Waals surface area contributed by atoms with E-state index < -0.39 is 29.8 Å². The number of amides is 2. The molecule has 162 valence electrons. The molecule has 30 heavy (non-hydrogen) atoms. The number of carbonyl (C=O) groups excluding carboxylic acids is 2. The summed E-state index contributed by atoms with van der Waals surface area (Å²) in [6.45, 7) is 5.23. The highest BCUT2D eigenvalue weighted by atomic mass is 19.1. The van der Waals surface area contributed by atoms with Crippen LogP contribution in [0.4, 0.5) is 14.9 Å². The lowest BCUT2D eigenvalue weighted by atomic mass is 9.84. The van der Waals surface area contributed by atoms with Gasteiger partial charge in [0, 0.05) is 18.2 Å². The predicted molar refractivity (Wildman–Crippen MR) is 110 cm³/mol. The largest absolute Gasteiger partial charge is 0.481 e. The monoisotopic (exact) mass is 418 g/mol. The van der Waals surface area contributed by atoms with Crippen molar-refractivity contribution in [3.05, 3.63) is 24.4 Å². The smallest absolute Gasteiger partial charge is 0.407 e. The van der Waals surface area contributed by atoms with Gasteiger partial charge in [0.15, 0.2) is 0 Å². The Morgan fingerprint density at radius 2 is 1.97 bits per heavy atom. The number of pyridine rings is 2. The van der Waals surface area contributed by atoms with Gasteiger partial charge in [-0.25, -0.2) is 14.2 Å². The van der Waals surface area contributed by atoms with Crippen LogP contribution < -0.4 is 15.4 Å². The maximum Gasteiger partial charge on any atom is 0.407 e. The van der Waals surface area contributed by atoms with Crippen molar-refractivity contribution in [2.45, 2.75) is 57.8 Å². The molecule has 8 nitrogen and oxygen atoms in total. The second-order valence-corrected chi connectivity index (χ2v) is 8.35. The van der Waals surface area contributed by atoms with Gasteiger partial charge < -0.3 is 20.1 Å². The molecule has 0 spiro atoms. The van der Waals surface area contributed by atoms with Gasteiger partial charge in [-0.05, 0) is 52.2 Å². The molecule has 0 radical (unpaired) electrons. The number of carbonyl (C=O) groups is 2. The third-order valence-corrected chi connectivity index (χ3v) is 4.87. The molecule has 1 aliphatic rings. The maximum absolute atomic E-state index is 14.7. The Hall–Kier alpha value is -2.97. The number of rotatable bonds is 4. The Kier molecular flexibility index (Phi) is 6.38. The van der Waals surface area contributed by atoms with E-state index in [1.165, 1.54) is 7.11 Å². The van der Waals surface area contributed by atoms with E-state index in [1.807, 2.05) is 0 Å². The molecule has 0 unspecified atom stereocenters. The van der Waals surface area contributed by atoms with Crippen LogP contribution in [0, 0.1) is 5.92 Å². The summed E-state index contributed by atoms with van der Waals surface area (Å²) >= 11 is 0. The molecule has 2 aromatic heterocycles. The van der Waals surface area contributed by atoms with Crippen LogP contribution >= 0.6 is 0 Å². The number of hydrogen-bond acceptors (Lipinski definition) is 6. The maximum atomic E-state index is 14.7. The number of nitrogens with one attached hydrogen (secondary N) is 2. The van der Waals surface area contributed by atoms with Crippen molar-refractivity contribution in [1.82, 2.24) is 15.3 Å². The average molecular weight is 418 g/mol. The summed E-state index contributed by atoms with van der Waals surface area (Å²) in [6.07, 6.45) is 0.405. The van der Waals surface area contributed by atoms with Gasteiger partial charge >= 0.3 is 6.09 Å².